The van der Waals surface area contributed by atoms with Crippen LogP contribution in [-0.4, -0.2) is 32.3 Å². The second-order valence-electron chi connectivity index (χ2n) is 7.20. The molecule has 8 nitrogen and oxygen atoms in total. The predicted octanol–water partition coefficient (Wildman–Crippen LogP) is 2.18. The number of anilines is 1. The molecule has 0 fully saturated rings. The van der Waals surface area contributed by atoms with Gasteiger partial charge in [-0.05, 0) is 51.3 Å². The molecule has 29 heavy (non-hydrogen) atoms. The maximum absolute atomic E-state index is 13.1. The van der Waals surface area contributed by atoms with Gasteiger partial charge in [-0.15, -0.1) is 0 Å². The number of aryl methyl sites for hydroxylation is 3. The number of rotatable bonds is 5. The van der Waals surface area contributed by atoms with Crippen molar-refractivity contribution < 1.29 is 9.53 Å². The highest BCUT2D eigenvalue weighted by Gasteiger charge is 2.23. The smallest absolute Gasteiger partial charge is 0.258 e. The first-order valence-corrected chi connectivity index (χ1v) is 9.56. The average molecular weight is 393 g/mol. The largest absolute Gasteiger partial charge is 0.497 e. The quantitative estimate of drug-likeness (QED) is 0.717. The van der Waals surface area contributed by atoms with Crippen molar-refractivity contribution in [3.63, 3.8) is 0 Å². The molecule has 0 saturated carbocycles. The molecule has 150 valence electrons. The molecule has 4 rings (SSSR count). The van der Waals surface area contributed by atoms with Crippen molar-refractivity contribution in [1.29, 1.82) is 0 Å². The van der Waals surface area contributed by atoms with Crippen LogP contribution in [-0.2, 0) is 24.2 Å². The van der Waals surface area contributed by atoms with Crippen LogP contribution in [0.1, 0.15) is 29.1 Å². The van der Waals surface area contributed by atoms with Crippen LogP contribution in [0.15, 0.2) is 35.1 Å². The fourth-order valence-electron chi connectivity index (χ4n) is 3.70. The maximum atomic E-state index is 13.1. The zero-order valence-corrected chi connectivity index (χ0v) is 16.7. The van der Waals surface area contributed by atoms with Crippen molar-refractivity contribution in [2.45, 2.75) is 39.7 Å². The summed E-state index contributed by atoms with van der Waals surface area (Å²) in [5.41, 5.74) is 3.62. The molecular formula is C21H23N5O3. The van der Waals surface area contributed by atoms with Crippen LogP contribution in [0.4, 0.5) is 5.69 Å². The van der Waals surface area contributed by atoms with E-state index in [1.807, 2.05) is 19.9 Å². The summed E-state index contributed by atoms with van der Waals surface area (Å²) in [6, 6.07) is 9.00. The van der Waals surface area contributed by atoms with Crippen LogP contribution in [0.25, 0.3) is 5.95 Å². The number of benzene rings is 1. The monoisotopic (exact) mass is 393 g/mol. The lowest BCUT2D eigenvalue weighted by Crippen LogP contribution is -2.34. The molecule has 0 bridgehead atoms. The summed E-state index contributed by atoms with van der Waals surface area (Å²) in [6.07, 6.45) is 2.36. The lowest BCUT2D eigenvalue weighted by atomic mass is 10.2. The summed E-state index contributed by atoms with van der Waals surface area (Å²) in [6.45, 7) is 3.64. The number of carbonyl (C=O) groups is 1. The van der Waals surface area contributed by atoms with Crippen LogP contribution in [0.3, 0.4) is 0 Å². The number of nitrogens with one attached hydrogen (secondary N) is 1. The third-order valence-corrected chi connectivity index (χ3v) is 5.02. The molecule has 0 radical (unpaired) electrons. The molecule has 0 spiro atoms. The molecule has 1 N–H and O–H groups in total. The number of carbonyl (C=O) groups excluding carboxylic acids is 1. The Hall–Kier alpha value is -3.42. The standard InChI is InChI=1S/C21H23N5O3/c1-13-10-14(2)26(24-13)21-23-18-9-5-8-17(18)20(28)25(21)12-19(27)22-15-6-4-7-16(11-15)29-3/h4,6-7,10-11H,5,8-9,12H2,1-3H3,(H,22,27). The molecule has 3 aromatic rings. The molecule has 1 amide bonds. The number of amides is 1. The Morgan fingerprint density at radius 2 is 2.07 bits per heavy atom. The third kappa shape index (κ3) is 3.65. The molecule has 0 atom stereocenters. The highest BCUT2D eigenvalue weighted by atomic mass is 16.5. The molecule has 8 heteroatoms. The van der Waals surface area contributed by atoms with Crippen LogP contribution in [0.2, 0.25) is 0 Å². The van der Waals surface area contributed by atoms with Gasteiger partial charge in [0.05, 0.1) is 18.5 Å². The van der Waals surface area contributed by atoms with Crippen LogP contribution in [0.5, 0.6) is 5.75 Å². The van der Waals surface area contributed by atoms with E-state index in [4.69, 9.17) is 9.72 Å². The summed E-state index contributed by atoms with van der Waals surface area (Å²) < 4.78 is 8.24. The topological polar surface area (TPSA) is 91.0 Å². The van der Waals surface area contributed by atoms with Gasteiger partial charge < -0.3 is 10.1 Å². The van der Waals surface area contributed by atoms with Gasteiger partial charge in [0.2, 0.25) is 11.9 Å². The number of hydrogen-bond acceptors (Lipinski definition) is 5. The molecule has 1 aliphatic rings. The van der Waals surface area contributed by atoms with Crippen molar-refractivity contribution >= 4 is 11.6 Å². The lowest BCUT2D eigenvalue weighted by Gasteiger charge is -2.15. The number of fused-ring (bicyclic) bond motifs is 1. The van der Waals surface area contributed by atoms with Gasteiger partial charge in [0.1, 0.15) is 12.3 Å². The molecule has 0 aliphatic heterocycles. The Labute approximate surface area is 168 Å². The maximum Gasteiger partial charge on any atom is 0.258 e. The Bertz CT molecular complexity index is 1150. The number of aromatic nitrogens is 4. The first-order chi connectivity index (χ1) is 14.0. The van der Waals surface area contributed by atoms with Gasteiger partial charge in [0.15, 0.2) is 0 Å². The van der Waals surface area contributed by atoms with E-state index < -0.39 is 0 Å². The van der Waals surface area contributed by atoms with Gasteiger partial charge in [-0.25, -0.2) is 9.67 Å². The minimum Gasteiger partial charge on any atom is -0.497 e. The third-order valence-electron chi connectivity index (χ3n) is 5.02. The van der Waals surface area contributed by atoms with E-state index in [0.717, 1.165) is 29.9 Å². The van der Waals surface area contributed by atoms with Gasteiger partial charge in [-0.1, -0.05) is 6.07 Å². The Balaban J connectivity index is 1.71. The van der Waals surface area contributed by atoms with E-state index >= 15 is 0 Å². The number of nitrogens with zero attached hydrogens (tertiary/aromatic N) is 4. The number of ether oxygens (including phenoxy) is 1. The van der Waals surface area contributed by atoms with E-state index in [-0.39, 0.29) is 18.0 Å². The summed E-state index contributed by atoms with van der Waals surface area (Å²) >= 11 is 0. The second kappa shape index (κ2) is 7.54. The predicted molar refractivity (Wildman–Crippen MR) is 109 cm³/mol. The van der Waals surface area contributed by atoms with E-state index in [9.17, 15) is 9.59 Å². The lowest BCUT2D eigenvalue weighted by molar-refractivity contribution is -0.116. The number of hydrogen-bond donors (Lipinski definition) is 1. The summed E-state index contributed by atoms with van der Waals surface area (Å²) in [4.78, 5) is 30.6. The zero-order valence-electron chi connectivity index (χ0n) is 16.7. The van der Waals surface area contributed by atoms with Crippen LogP contribution < -0.4 is 15.6 Å². The van der Waals surface area contributed by atoms with Gasteiger partial charge in [-0.2, -0.15) is 5.10 Å². The Morgan fingerprint density at radius 3 is 2.79 bits per heavy atom. The second-order valence-corrected chi connectivity index (χ2v) is 7.20. The molecule has 1 aliphatic carbocycles. The van der Waals surface area contributed by atoms with E-state index in [2.05, 4.69) is 10.4 Å². The molecule has 0 saturated heterocycles. The van der Waals surface area contributed by atoms with Gasteiger partial charge in [-0.3, -0.25) is 14.2 Å². The van der Waals surface area contributed by atoms with Crippen LogP contribution >= 0.6 is 0 Å². The first kappa shape index (κ1) is 18.9. The Kier molecular flexibility index (Phi) is 4.92. The highest BCUT2D eigenvalue weighted by Crippen LogP contribution is 2.20. The van der Waals surface area contributed by atoms with Gasteiger partial charge >= 0.3 is 0 Å². The summed E-state index contributed by atoms with van der Waals surface area (Å²) in [5, 5.41) is 7.29. The Morgan fingerprint density at radius 1 is 1.24 bits per heavy atom. The molecule has 1 aromatic carbocycles. The van der Waals surface area contributed by atoms with Gasteiger partial charge in [0.25, 0.3) is 5.56 Å². The van der Waals surface area contributed by atoms with Crippen molar-refractivity contribution in [3.05, 3.63) is 63.3 Å². The van der Waals surface area contributed by atoms with Crippen molar-refractivity contribution in [2.24, 2.45) is 0 Å². The minimum absolute atomic E-state index is 0.149. The van der Waals surface area contributed by atoms with Gasteiger partial charge in [0, 0.05) is 23.0 Å². The fraction of sp³-hybridized carbons (Fsp3) is 0.333. The minimum atomic E-state index is -0.317. The van der Waals surface area contributed by atoms with Crippen molar-refractivity contribution in [2.75, 3.05) is 12.4 Å². The van der Waals surface area contributed by atoms with E-state index in [1.54, 1.807) is 36.1 Å². The molecule has 2 aromatic heterocycles. The first-order valence-electron chi connectivity index (χ1n) is 9.56. The van der Waals surface area contributed by atoms with Crippen molar-refractivity contribution in [1.82, 2.24) is 19.3 Å². The van der Waals surface area contributed by atoms with Crippen molar-refractivity contribution in [3.8, 4) is 11.7 Å². The molecular weight excluding hydrogens is 370 g/mol. The summed E-state index contributed by atoms with van der Waals surface area (Å²) in [5.74, 6) is 0.701. The molecule has 2 heterocycles. The zero-order chi connectivity index (χ0) is 20.5. The van der Waals surface area contributed by atoms with E-state index in [0.29, 0.717) is 29.4 Å². The fourth-order valence-corrected chi connectivity index (χ4v) is 3.70. The normalized spacial score (nSPS) is 12.7. The SMILES string of the molecule is COc1cccc(NC(=O)Cn2c(-n3nc(C)cc3C)nc3c(c2=O)CCC3)c1. The van der Waals surface area contributed by atoms with Crippen LogP contribution in [0, 0.1) is 13.8 Å². The highest BCUT2D eigenvalue weighted by molar-refractivity contribution is 5.90. The summed E-state index contributed by atoms with van der Waals surface area (Å²) in [7, 11) is 1.57. The van der Waals surface area contributed by atoms with E-state index in [1.165, 1.54) is 4.57 Å². The number of methoxy groups -OCH3 is 1. The molecule has 0 unspecified atom stereocenters. The average Bonchev–Trinajstić information content (AvgIpc) is 3.29.